The first-order valence-corrected chi connectivity index (χ1v) is 5.36. The zero-order valence-electron chi connectivity index (χ0n) is 9.33. The van der Waals surface area contributed by atoms with Gasteiger partial charge in [0, 0.05) is 0 Å². The van der Waals surface area contributed by atoms with Crippen molar-refractivity contribution in [2.24, 2.45) is 0 Å². The Morgan fingerprint density at radius 1 is 0.944 bits per heavy atom. The van der Waals surface area contributed by atoms with Gasteiger partial charge in [0.05, 0.1) is 22.1 Å². The molecule has 0 N–H and O–H groups in total. The van der Waals surface area contributed by atoms with Crippen LogP contribution in [-0.4, -0.2) is 24.0 Å². The van der Waals surface area contributed by atoms with Crippen molar-refractivity contribution in [1.29, 1.82) is 0 Å². The monoisotopic (exact) mass is 234 g/mol. The Morgan fingerprint density at radius 2 is 1.61 bits per heavy atom. The summed E-state index contributed by atoms with van der Waals surface area (Å²) >= 11 is 0. The van der Waals surface area contributed by atoms with E-state index in [-0.39, 0.29) is 0 Å². The topological polar surface area (TPSA) is 52.1 Å². The smallest absolute Gasteiger partial charge is 0.378 e. The number of nitrogens with zero attached hydrogens (tertiary/aromatic N) is 2. The largest absolute Gasteiger partial charge is 0.540 e. The number of hydrogen-bond acceptors (Lipinski definition) is 4. The fourth-order valence-electron chi connectivity index (χ4n) is 1.87. The first-order chi connectivity index (χ1) is 8.79. The molecule has 2 radical (unpaired) electrons. The fourth-order valence-corrected chi connectivity index (χ4v) is 1.87. The van der Waals surface area contributed by atoms with E-state index in [2.05, 4.69) is 14.6 Å². The van der Waals surface area contributed by atoms with Gasteiger partial charge in [-0.15, -0.1) is 0 Å². The van der Waals surface area contributed by atoms with Crippen LogP contribution in [0.3, 0.4) is 0 Å². The molecule has 3 rings (SSSR count). The normalized spacial score (nSPS) is 10.7. The van der Waals surface area contributed by atoms with Crippen molar-refractivity contribution < 1.29 is 9.45 Å². The van der Waals surface area contributed by atoms with Crippen molar-refractivity contribution in [2.75, 3.05) is 0 Å². The van der Waals surface area contributed by atoms with Crippen LogP contribution in [0.15, 0.2) is 42.5 Å². The maximum Gasteiger partial charge on any atom is 0.378 e. The van der Waals surface area contributed by atoms with Crippen LogP contribution in [0, 0.1) is 0 Å². The van der Waals surface area contributed by atoms with Gasteiger partial charge in [-0.3, -0.25) is 0 Å². The Balaban J connectivity index is 2.39. The second kappa shape index (κ2) is 4.11. The molecule has 0 aliphatic carbocycles. The summed E-state index contributed by atoms with van der Waals surface area (Å²) in [5.41, 5.74) is 2.95. The molecule has 0 spiro atoms. The SMILES string of the molecule is [B]OC(=O)c1cccc2nc3ccccc3nc12. The van der Waals surface area contributed by atoms with E-state index in [0.29, 0.717) is 16.6 Å². The van der Waals surface area contributed by atoms with E-state index >= 15 is 0 Å². The molecule has 5 heteroatoms. The van der Waals surface area contributed by atoms with Crippen LogP contribution < -0.4 is 0 Å². The molecule has 4 nitrogen and oxygen atoms in total. The first kappa shape index (κ1) is 10.7. The second-order valence-corrected chi connectivity index (χ2v) is 3.79. The number of rotatable bonds is 1. The van der Waals surface area contributed by atoms with Crippen LogP contribution in [0.25, 0.3) is 22.1 Å². The van der Waals surface area contributed by atoms with Gasteiger partial charge in [0.1, 0.15) is 5.52 Å². The Hall–Kier alpha value is -2.43. The summed E-state index contributed by atoms with van der Waals surface area (Å²) in [6, 6.07) is 12.6. The molecule has 0 fully saturated rings. The van der Waals surface area contributed by atoms with Crippen molar-refractivity contribution in [3.05, 3.63) is 48.0 Å². The van der Waals surface area contributed by atoms with Gasteiger partial charge in [-0.1, -0.05) is 18.2 Å². The Kier molecular flexibility index (Phi) is 2.44. The summed E-state index contributed by atoms with van der Waals surface area (Å²) in [5, 5.41) is 0. The number of carbonyl (C=O) groups is 1. The molecule has 0 aliphatic rings. The Morgan fingerprint density at radius 3 is 2.33 bits per heavy atom. The highest BCUT2D eigenvalue weighted by molar-refractivity contribution is 6.13. The van der Waals surface area contributed by atoms with E-state index in [1.807, 2.05) is 24.3 Å². The van der Waals surface area contributed by atoms with Crippen LogP contribution in [0.1, 0.15) is 10.4 Å². The number of hydrogen-bond donors (Lipinski definition) is 0. The fraction of sp³-hybridized carbons (Fsp3) is 0. The molecule has 1 heterocycles. The van der Waals surface area contributed by atoms with Crippen molar-refractivity contribution in [3.8, 4) is 0 Å². The molecule has 3 aromatic rings. The van der Waals surface area contributed by atoms with Crippen LogP contribution in [0.4, 0.5) is 0 Å². The third kappa shape index (κ3) is 1.60. The van der Waals surface area contributed by atoms with Crippen molar-refractivity contribution >= 4 is 36.1 Å². The van der Waals surface area contributed by atoms with Gasteiger partial charge in [-0.05, 0) is 24.3 Å². The average Bonchev–Trinajstić information content (AvgIpc) is 2.43. The predicted molar refractivity (Wildman–Crippen MR) is 68.2 cm³/mol. The van der Waals surface area contributed by atoms with Gasteiger partial charge in [0.25, 0.3) is 0 Å². The van der Waals surface area contributed by atoms with Gasteiger partial charge < -0.3 is 4.65 Å². The minimum Gasteiger partial charge on any atom is -0.540 e. The summed E-state index contributed by atoms with van der Waals surface area (Å²) < 4.78 is 4.25. The highest BCUT2D eigenvalue weighted by Gasteiger charge is 2.12. The number of aromatic nitrogens is 2. The molecule has 1 aromatic heterocycles. The third-order valence-corrected chi connectivity index (χ3v) is 2.70. The number of benzene rings is 2. The number of para-hydroxylation sites is 3. The molecular weight excluding hydrogens is 227 g/mol. The molecule has 0 saturated carbocycles. The molecular formula is C13H7BN2O2. The maximum absolute atomic E-state index is 11.5. The van der Waals surface area contributed by atoms with E-state index in [9.17, 15) is 4.79 Å². The number of fused-ring (bicyclic) bond motifs is 2. The minimum absolute atomic E-state index is 0.313. The number of carbonyl (C=O) groups excluding carboxylic acids is 1. The second-order valence-electron chi connectivity index (χ2n) is 3.79. The summed E-state index contributed by atoms with van der Waals surface area (Å²) in [6.07, 6.45) is 0. The minimum atomic E-state index is -0.620. The van der Waals surface area contributed by atoms with Crippen LogP contribution in [0.2, 0.25) is 0 Å². The van der Waals surface area contributed by atoms with Crippen LogP contribution in [-0.2, 0) is 4.65 Å². The van der Waals surface area contributed by atoms with Crippen LogP contribution in [0.5, 0.6) is 0 Å². The molecule has 2 aromatic carbocycles. The molecule has 0 bridgehead atoms. The van der Waals surface area contributed by atoms with E-state index in [1.54, 1.807) is 18.2 Å². The Bertz CT molecular complexity index is 758. The lowest BCUT2D eigenvalue weighted by atomic mass is 10.1. The van der Waals surface area contributed by atoms with Gasteiger partial charge in [0.15, 0.2) is 0 Å². The quantitative estimate of drug-likeness (QED) is 0.477. The predicted octanol–water partition coefficient (Wildman–Crippen LogP) is 2.02. The van der Waals surface area contributed by atoms with Gasteiger partial charge in [-0.25, -0.2) is 14.8 Å². The highest BCUT2D eigenvalue weighted by atomic mass is 16.5. The lowest BCUT2D eigenvalue weighted by Crippen LogP contribution is -2.04. The lowest BCUT2D eigenvalue weighted by molar-refractivity contribution is 0.0751. The standard InChI is InChI=1S/C13H7BN2O2/c14-18-13(17)8-4-3-7-11-12(8)16-10-6-2-1-5-9(10)15-11/h1-7H. The lowest BCUT2D eigenvalue weighted by Gasteiger charge is -2.05. The van der Waals surface area contributed by atoms with Crippen molar-refractivity contribution in [1.82, 2.24) is 9.97 Å². The third-order valence-electron chi connectivity index (χ3n) is 2.70. The van der Waals surface area contributed by atoms with E-state index in [1.165, 1.54) is 0 Å². The molecule has 0 atom stereocenters. The zero-order chi connectivity index (χ0) is 12.5. The average molecular weight is 234 g/mol. The van der Waals surface area contributed by atoms with E-state index in [0.717, 1.165) is 11.0 Å². The highest BCUT2D eigenvalue weighted by Crippen LogP contribution is 2.19. The molecule has 0 aliphatic heterocycles. The van der Waals surface area contributed by atoms with E-state index in [4.69, 9.17) is 8.05 Å². The van der Waals surface area contributed by atoms with E-state index < -0.39 is 5.97 Å². The molecule has 0 saturated heterocycles. The Labute approximate surface area is 104 Å². The first-order valence-electron chi connectivity index (χ1n) is 5.36. The summed E-state index contributed by atoms with van der Waals surface area (Å²) in [4.78, 5) is 20.4. The molecule has 0 unspecified atom stereocenters. The summed E-state index contributed by atoms with van der Waals surface area (Å²) in [6.45, 7) is 0. The molecule has 84 valence electrons. The summed E-state index contributed by atoms with van der Waals surface area (Å²) in [7, 11) is 4.91. The van der Waals surface area contributed by atoms with Crippen molar-refractivity contribution in [3.63, 3.8) is 0 Å². The maximum atomic E-state index is 11.5. The molecule has 0 amide bonds. The zero-order valence-corrected chi connectivity index (χ0v) is 9.33. The van der Waals surface area contributed by atoms with Gasteiger partial charge in [-0.2, -0.15) is 0 Å². The molecule has 18 heavy (non-hydrogen) atoms. The summed E-state index contributed by atoms with van der Waals surface area (Å²) in [5.74, 6) is -0.620. The van der Waals surface area contributed by atoms with Crippen molar-refractivity contribution in [2.45, 2.75) is 0 Å². The van der Waals surface area contributed by atoms with Crippen LogP contribution >= 0.6 is 0 Å². The van der Waals surface area contributed by atoms with Gasteiger partial charge >= 0.3 is 14.0 Å². The van der Waals surface area contributed by atoms with Gasteiger partial charge in [0.2, 0.25) is 0 Å².